The van der Waals surface area contributed by atoms with Crippen LogP contribution in [0.4, 0.5) is 18.9 Å². The Balaban J connectivity index is 2.54. The third kappa shape index (κ3) is 3.67. The highest BCUT2D eigenvalue weighted by Crippen LogP contribution is 2.35. The van der Waals surface area contributed by atoms with Crippen molar-refractivity contribution in [2.45, 2.75) is 31.3 Å². The lowest BCUT2D eigenvalue weighted by Gasteiger charge is -2.17. The lowest BCUT2D eigenvalue weighted by atomic mass is 10.1. The SMILES string of the molecule is CCc1cccc(C)c1NS(=O)(=O)c1ccccc1C(F)(F)F. The number of anilines is 1. The molecule has 0 amide bonds. The molecule has 0 spiro atoms. The summed E-state index contributed by atoms with van der Waals surface area (Å²) in [6, 6.07) is 9.35. The zero-order valence-electron chi connectivity index (χ0n) is 12.6. The van der Waals surface area contributed by atoms with Crippen LogP contribution in [0.2, 0.25) is 0 Å². The van der Waals surface area contributed by atoms with Gasteiger partial charge in [-0.1, -0.05) is 37.3 Å². The van der Waals surface area contributed by atoms with Gasteiger partial charge in [-0.15, -0.1) is 0 Å². The molecule has 0 aliphatic carbocycles. The summed E-state index contributed by atoms with van der Waals surface area (Å²) in [6.07, 6.45) is -4.19. The van der Waals surface area contributed by atoms with Crippen LogP contribution in [0.3, 0.4) is 0 Å². The minimum Gasteiger partial charge on any atom is -0.279 e. The molecule has 0 aromatic heterocycles. The summed E-state index contributed by atoms with van der Waals surface area (Å²) in [4.78, 5) is -0.780. The molecule has 0 atom stereocenters. The van der Waals surface area contributed by atoms with Gasteiger partial charge in [-0.05, 0) is 36.6 Å². The van der Waals surface area contributed by atoms with Crippen molar-refractivity contribution in [1.29, 1.82) is 0 Å². The number of aryl methyl sites for hydroxylation is 2. The molecule has 0 heterocycles. The number of hydrogen-bond donors (Lipinski definition) is 1. The first-order valence-corrected chi connectivity index (χ1v) is 8.42. The molecule has 0 saturated carbocycles. The number of para-hydroxylation sites is 1. The Labute approximate surface area is 133 Å². The fourth-order valence-electron chi connectivity index (χ4n) is 2.29. The highest BCUT2D eigenvalue weighted by molar-refractivity contribution is 7.92. The summed E-state index contributed by atoms with van der Waals surface area (Å²) in [5.74, 6) is 0. The molecule has 1 N–H and O–H groups in total. The van der Waals surface area contributed by atoms with Crippen LogP contribution in [0.1, 0.15) is 23.6 Å². The number of benzene rings is 2. The predicted octanol–water partition coefficient (Wildman–Crippen LogP) is 4.38. The van der Waals surface area contributed by atoms with Crippen LogP contribution in [-0.4, -0.2) is 8.42 Å². The van der Waals surface area contributed by atoms with Gasteiger partial charge in [-0.3, -0.25) is 4.72 Å². The van der Waals surface area contributed by atoms with Crippen molar-refractivity contribution in [3.05, 3.63) is 59.2 Å². The van der Waals surface area contributed by atoms with E-state index in [0.717, 1.165) is 23.8 Å². The van der Waals surface area contributed by atoms with Crippen LogP contribution in [0.5, 0.6) is 0 Å². The first-order valence-electron chi connectivity index (χ1n) is 6.94. The molecule has 124 valence electrons. The van der Waals surface area contributed by atoms with E-state index >= 15 is 0 Å². The molecule has 2 rings (SSSR count). The average Bonchev–Trinajstić information content (AvgIpc) is 2.48. The highest BCUT2D eigenvalue weighted by Gasteiger charge is 2.37. The van der Waals surface area contributed by atoms with Crippen molar-refractivity contribution in [3.63, 3.8) is 0 Å². The molecule has 2 aromatic carbocycles. The van der Waals surface area contributed by atoms with E-state index in [0.29, 0.717) is 17.7 Å². The van der Waals surface area contributed by atoms with Crippen molar-refractivity contribution in [3.8, 4) is 0 Å². The molecule has 7 heteroatoms. The molecule has 3 nitrogen and oxygen atoms in total. The monoisotopic (exact) mass is 343 g/mol. The van der Waals surface area contributed by atoms with Gasteiger partial charge in [0.1, 0.15) is 0 Å². The number of sulfonamides is 1. The number of nitrogens with one attached hydrogen (secondary N) is 1. The van der Waals surface area contributed by atoms with Crippen LogP contribution in [-0.2, 0) is 22.6 Å². The molecule has 0 saturated heterocycles. The Morgan fingerprint density at radius 2 is 1.70 bits per heavy atom. The van der Waals surface area contributed by atoms with Crippen molar-refractivity contribution in [2.75, 3.05) is 4.72 Å². The summed E-state index contributed by atoms with van der Waals surface area (Å²) >= 11 is 0. The Kier molecular flexibility index (Phi) is 4.70. The molecule has 0 aliphatic heterocycles. The lowest BCUT2D eigenvalue weighted by molar-refractivity contribution is -0.139. The number of rotatable bonds is 4. The van der Waals surface area contributed by atoms with Crippen molar-refractivity contribution < 1.29 is 21.6 Å². The topological polar surface area (TPSA) is 46.2 Å². The third-order valence-electron chi connectivity index (χ3n) is 3.46. The van der Waals surface area contributed by atoms with Crippen LogP contribution in [0.15, 0.2) is 47.4 Å². The van der Waals surface area contributed by atoms with Gasteiger partial charge in [0, 0.05) is 0 Å². The smallest absolute Gasteiger partial charge is 0.279 e. The van der Waals surface area contributed by atoms with E-state index in [1.165, 1.54) is 6.07 Å². The maximum absolute atomic E-state index is 13.1. The molecule has 0 fully saturated rings. The van der Waals surface area contributed by atoms with Crippen LogP contribution in [0.25, 0.3) is 0 Å². The minimum absolute atomic E-state index is 0.326. The summed E-state index contributed by atoms with van der Waals surface area (Å²) in [5, 5.41) is 0. The Morgan fingerprint density at radius 3 is 2.30 bits per heavy atom. The van der Waals surface area contributed by atoms with Gasteiger partial charge in [0.05, 0.1) is 16.1 Å². The number of alkyl halides is 3. The molecule has 23 heavy (non-hydrogen) atoms. The van der Waals surface area contributed by atoms with E-state index < -0.39 is 26.7 Å². The molecule has 0 radical (unpaired) electrons. The Hall–Kier alpha value is -2.02. The van der Waals surface area contributed by atoms with Crippen molar-refractivity contribution in [1.82, 2.24) is 0 Å². The van der Waals surface area contributed by atoms with E-state index in [1.807, 2.05) is 6.92 Å². The zero-order valence-corrected chi connectivity index (χ0v) is 13.4. The van der Waals surface area contributed by atoms with Gasteiger partial charge in [-0.2, -0.15) is 13.2 Å². The van der Waals surface area contributed by atoms with Gasteiger partial charge in [-0.25, -0.2) is 8.42 Å². The fourth-order valence-corrected chi connectivity index (χ4v) is 3.70. The maximum atomic E-state index is 13.1. The van der Waals surface area contributed by atoms with Gasteiger partial charge >= 0.3 is 6.18 Å². The lowest BCUT2D eigenvalue weighted by Crippen LogP contribution is -2.20. The summed E-state index contributed by atoms with van der Waals surface area (Å²) in [7, 11) is -4.35. The first-order chi connectivity index (χ1) is 10.7. The average molecular weight is 343 g/mol. The van der Waals surface area contributed by atoms with E-state index in [4.69, 9.17) is 0 Å². The van der Waals surface area contributed by atoms with Gasteiger partial charge < -0.3 is 0 Å². The van der Waals surface area contributed by atoms with Crippen LogP contribution < -0.4 is 4.72 Å². The molecule has 0 bridgehead atoms. The van der Waals surface area contributed by atoms with Gasteiger partial charge in [0.25, 0.3) is 10.0 Å². The number of hydrogen-bond acceptors (Lipinski definition) is 2. The maximum Gasteiger partial charge on any atom is 0.417 e. The Morgan fingerprint density at radius 1 is 1.04 bits per heavy atom. The van der Waals surface area contributed by atoms with Gasteiger partial charge in [0.15, 0.2) is 0 Å². The molecular weight excluding hydrogens is 327 g/mol. The minimum atomic E-state index is -4.75. The van der Waals surface area contributed by atoms with Gasteiger partial charge in [0.2, 0.25) is 0 Å². The largest absolute Gasteiger partial charge is 0.417 e. The second kappa shape index (κ2) is 6.23. The highest BCUT2D eigenvalue weighted by atomic mass is 32.2. The summed E-state index contributed by atoms with van der Waals surface area (Å²) in [5.41, 5.74) is 0.515. The molecule has 2 aromatic rings. The summed E-state index contributed by atoms with van der Waals surface area (Å²) < 4.78 is 66.4. The second-order valence-electron chi connectivity index (χ2n) is 5.06. The second-order valence-corrected chi connectivity index (χ2v) is 6.71. The normalized spacial score (nSPS) is 12.2. The van der Waals surface area contributed by atoms with E-state index in [1.54, 1.807) is 25.1 Å². The van der Waals surface area contributed by atoms with Crippen molar-refractivity contribution >= 4 is 15.7 Å². The first kappa shape index (κ1) is 17.3. The predicted molar refractivity (Wildman–Crippen MR) is 82.8 cm³/mol. The standard InChI is InChI=1S/C16H16F3NO2S/c1-3-12-8-6-7-11(2)15(12)20-23(21,22)14-10-5-4-9-13(14)16(17,18)19/h4-10,20H,3H2,1-2H3. The number of halogens is 3. The zero-order chi connectivity index (χ0) is 17.3. The van der Waals surface area contributed by atoms with Crippen LogP contribution in [0, 0.1) is 6.92 Å². The van der Waals surface area contributed by atoms with E-state index in [-0.39, 0.29) is 0 Å². The molecule has 0 aliphatic rings. The quantitative estimate of drug-likeness (QED) is 0.896. The van der Waals surface area contributed by atoms with Crippen LogP contribution >= 0.6 is 0 Å². The third-order valence-corrected chi connectivity index (χ3v) is 4.87. The van der Waals surface area contributed by atoms with E-state index in [2.05, 4.69) is 4.72 Å². The fraction of sp³-hybridized carbons (Fsp3) is 0.250. The Bertz CT molecular complexity index is 814. The van der Waals surface area contributed by atoms with E-state index in [9.17, 15) is 21.6 Å². The molecule has 0 unspecified atom stereocenters. The molecular formula is C16H16F3NO2S. The van der Waals surface area contributed by atoms with Crippen molar-refractivity contribution in [2.24, 2.45) is 0 Å². The summed E-state index contributed by atoms with van der Waals surface area (Å²) in [6.45, 7) is 3.54.